The molecule has 0 fully saturated rings. The van der Waals surface area contributed by atoms with Crippen molar-refractivity contribution in [2.24, 2.45) is 0 Å². The molecule has 0 saturated carbocycles. The van der Waals surface area contributed by atoms with Crippen LogP contribution in [0.1, 0.15) is 0 Å². The molecule has 0 saturated heterocycles. The van der Waals surface area contributed by atoms with Crippen LogP contribution in [0.3, 0.4) is 0 Å². The van der Waals surface area contributed by atoms with E-state index < -0.39 is 0 Å². The van der Waals surface area contributed by atoms with E-state index in [4.69, 9.17) is 8.39 Å². The largest absolute Gasteiger partial charge is 0.430 e. The predicted octanol–water partition coefficient (Wildman–Crippen LogP) is 3.18. The Morgan fingerprint density at radius 2 is 2.00 bits per heavy atom. The normalized spacial score (nSPS) is 10.5. The molecule has 2 aromatic rings. The van der Waals surface area contributed by atoms with Crippen LogP contribution >= 0.6 is 8.67 Å². The molecule has 11 heavy (non-hydrogen) atoms. The van der Waals surface area contributed by atoms with Crippen molar-refractivity contribution in [3.8, 4) is 0 Å². The quantitative estimate of drug-likeness (QED) is 0.600. The molecule has 0 N–H and O–H groups in total. The van der Waals surface area contributed by atoms with Crippen molar-refractivity contribution in [3.63, 3.8) is 0 Å². The van der Waals surface area contributed by atoms with Gasteiger partial charge in [-0.2, -0.15) is 0 Å². The maximum absolute atomic E-state index is 5.29. The summed E-state index contributed by atoms with van der Waals surface area (Å²) in [6.07, 6.45) is 1.66. The molecule has 0 bridgehead atoms. The molecule has 2 rings (SSSR count). The highest BCUT2D eigenvalue weighted by molar-refractivity contribution is 7.15. The van der Waals surface area contributed by atoms with Crippen molar-refractivity contribution in [1.29, 1.82) is 0 Å². The maximum atomic E-state index is 5.29. The average molecular weight is 166 g/mol. The number of hydrogen-bond acceptors (Lipinski definition) is 2. The first-order valence-corrected chi connectivity index (χ1v) is 4.11. The van der Waals surface area contributed by atoms with Gasteiger partial charge in [0.15, 0.2) is 0 Å². The minimum atomic E-state index is 0.0750. The first-order chi connectivity index (χ1) is 5.47. The molecule has 1 aromatic carbocycles. The van der Waals surface area contributed by atoms with Crippen LogP contribution in [0.4, 0.5) is 0 Å². The standard InChI is InChI=1S/C8H7O2P/c1-2-4-8-7(3-1)5-6-9-11-10-8/h1-6,11H. The van der Waals surface area contributed by atoms with E-state index in [0.717, 1.165) is 11.0 Å². The lowest BCUT2D eigenvalue weighted by atomic mass is 10.2. The monoisotopic (exact) mass is 166 g/mol. The van der Waals surface area contributed by atoms with Crippen LogP contribution in [0.2, 0.25) is 0 Å². The summed E-state index contributed by atoms with van der Waals surface area (Å²) in [6.45, 7) is 0. The average Bonchev–Trinajstić information content (AvgIpc) is 2.28. The number of fused-ring (bicyclic) bond motifs is 1. The van der Waals surface area contributed by atoms with E-state index in [1.807, 2.05) is 30.3 Å². The highest BCUT2D eigenvalue weighted by atomic mass is 31.1. The zero-order valence-corrected chi connectivity index (χ0v) is 6.78. The van der Waals surface area contributed by atoms with Crippen molar-refractivity contribution in [2.75, 3.05) is 0 Å². The van der Waals surface area contributed by atoms with Gasteiger partial charge < -0.3 is 8.39 Å². The second kappa shape index (κ2) is 2.85. The fraction of sp³-hybridized carbons (Fsp3) is 0. The molecule has 0 aliphatic heterocycles. The molecule has 0 aliphatic rings. The third-order valence-electron chi connectivity index (χ3n) is 1.43. The Labute approximate surface area is 65.4 Å². The molecule has 0 radical (unpaired) electrons. The fourth-order valence-corrected chi connectivity index (χ4v) is 1.36. The van der Waals surface area contributed by atoms with Gasteiger partial charge in [0, 0.05) is 5.39 Å². The summed E-state index contributed by atoms with van der Waals surface area (Å²) in [4.78, 5) is 0. The number of hydrogen-bond donors (Lipinski definition) is 0. The Kier molecular flexibility index (Phi) is 1.70. The summed E-state index contributed by atoms with van der Waals surface area (Å²) in [5.41, 5.74) is 0.889. The zero-order chi connectivity index (χ0) is 7.52. The van der Waals surface area contributed by atoms with Gasteiger partial charge in [-0.3, -0.25) is 0 Å². The summed E-state index contributed by atoms with van der Waals surface area (Å²) in [5, 5.41) is 1.07. The van der Waals surface area contributed by atoms with E-state index in [9.17, 15) is 0 Å². The van der Waals surface area contributed by atoms with Crippen LogP contribution in [0.15, 0.2) is 45.0 Å². The van der Waals surface area contributed by atoms with Gasteiger partial charge >= 0.3 is 0 Å². The van der Waals surface area contributed by atoms with Gasteiger partial charge in [-0.05, 0) is 12.1 Å². The molecule has 0 amide bonds. The van der Waals surface area contributed by atoms with Gasteiger partial charge in [0.05, 0.1) is 6.26 Å². The predicted molar refractivity (Wildman–Crippen MR) is 45.6 cm³/mol. The SMILES string of the molecule is c1ccc2o[pH]occc2c1. The third-order valence-corrected chi connectivity index (χ3v) is 1.97. The Bertz CT molecular complexity index is 346. The molecule has 56 valence electrons. The van der Waals surface area contributed by atoms with Crippen molar-refractivity contribution in [2.45, 2.75) is 0 Å². The lowest BCUT2D eigenvalue weighted by Crippen LogP contribution is -1.61. The Hall–Kier alpha value is -1.14. The van der Waals surface area contributed by atoms with Crippen LogP contribution in [-0.4, -0.2) is 0 Å². The fourth-order valence-electron chi connectivity index (χ4n) is 0.915. The molecule has 0 aliphatic carbocycles. The van der Waals surface area contributed by atoms with Crippen molar-refractivity contribution in [3.05, 3.63) is 36.6 Å². The van der Waals surface area contributed by atoms with Crippen LogP contribution in [0.5, 0.6) is 0 Å². The molecule has 1 atom stereocenters. The molecule has 2 nitrogen and oxygen atoms in total. The van der Waals surface area contributed by atoms with E-state index in [1.165, 1.54) is 0 Å². The van der Waals surface area contributed by atoms with Gasteiger partial charge in [-0.25, -0.2) is 0 Å². The molecule has 3 heteroatoms. The molecule has 1 unspecified atom stereocenters. The summed E-state index contributed by atoms with van der Waals surface area (Å²) in [7, 11) is 0.0750. The first kappa shape index (κ1) is 6.56. The van der Waals surface area contributed by atoms with Gasteiger partial charge in [0.25, 0.3) is 0 Å². The summed E-state index contributed by atoms with van der Waals surface area (Å²) >= 11 is 0. The van der Waals surface area contributed by atoms with Crippen LogP contribution < -0.4 is 0 Å². The number of para-hydroxylation sites is 1. The Morgan fingerprint density at radius 1 is 1.09 bits per heavy atom. The highest BCUT2D eigenvalue weighted by Gasteiger charge is 1.87. The van der Waals surface area contributed by atoms with Gasteiger partial charge in [0.1, 0.15) is 5.58 Å². The Morgan fingerprint density at radius 3 is 3.00 bits per heavy atom. The van der Waals surface area contributed by atoms with Gasteiger partial charge in [-0.15, -0.1) is 0 Å². The van der Waals surface area contributed by atoms with E-state index in [-0.39, 0.29) is 8.67 Å². The van der Waals surface area contributed by atoms with Crippen LogP contribution in [0, 0.1) is 0 Å². The third kappa shape index (κ3) is 1.31. The maximum Gasteiger partial charge on any atom is 0.201 e. The van der Waals surface area contributed by atoms with Gasteiger partial charge in [0.2, 0.25) is 8.67 Å². The van der Waals surface area contributed by atoms with Crippen LogP contribution in [0.25, 0.3) is 11.0 Å². The number of benzene rings is 1. The summed E-state index contributed by atoms with van der Waals surface area (Å²) in [6, 6.07) is 9.74. The van der Waals surface area contributed by atoms with Crippen molar-refractivity contribution < 1.29 is 8.39 Å². The minimum Gasteiger partial charge on any atom is -0.430 e. The smallest absolute Gasteiger partial charge is 0.201 e. The first-order valence-electron chi connectivity index (χ1n) is 3.30. The Balaban J connectivity index is 2.90. The van der Waals surface area contributed by atoms with Gasteiger partial charge in [-0.1, -0.05) is 18.2 Å². The van der Waals surface area contributed by atoms with E-state index in [0.29, 0.717) is 0 Å². The topological polar surface area (TPSA) is 26.3 Å². The van der Waals surface area contributed by atoms with Crippen LogP contribution in [-0.2, 0) is 0 Å². The highest BCUT2D eigenvalue weighted by Crippen LogP contribution is 2.15. The molecule has 0 spiro atoms. The molecule has 1 aromatic heterocycles. The summed E-state index contributed by atoms with van der Waals surface area (Å²) < 4.78 is 10.3. The lowest BCUT2D eigenvalue weighted by molar-refractivity contribution is 0.630. The zero-order valence-electron chi connectivity index (χ0n) is 5.78. The van der Waals surface area contributed by atoms with E-state index in [1.54, 1.807) is 6.26 Å². The lowest BCUT2D eigenvalue weighted by Gasteiger charge is -1.85. The van der Waals surface area contributed by atoms with E-state index >= 15 is 0 Å². The summed E-state index contributed by atoms with van der Waals surface area (Å²) in [5.74, 6) is 0. The second-order valence-electron chi connectivity index (χ2n) is 2.14. The molecular weight excluding hydrogens is 159 g/mol. The van der Waals surface area contributed by atoms with Crippen molar-refractivity contribution >= 4 is 19.6 Å². The molecule has 1 heterocycles. The second-order valence-corrected chi connectivity index (χ2v) is 2.75. The minimum absolute atomic E-state index is 0.0750. The molecular formula is C8H7O2P. The number of rotatable bonds is 0. The van der Waals surface area contributed by atoms with Crippen molar-refractivity contribution in [1.82, 2.24) is 0 Å². The van der Waals surface area contributed by atoms with E-state index in [2.05, 4.69) is 0 Å².